The van der Waals surface area contributed by atoms with Crippen molar-refractivity contribution in [3.63, 3.8) is 0 Å². The molecule has 124 valence electrons. The predicted molar refractivity (Wildman–Crippen MR) is 80.4 cm³/mol. The Morgan fingerprint density at radius 1 is 1.39 bits per heavy atom. The zero-order valence-electron chi connectivity index (χ0n) is 13.0. The second-order valence-electron chi connectivity index (χ2n) is 5.18. The van der Waals surface area contributed by atoms with Crippen molar-refractivity contribution in [1.29, 1.82) is 0 Å². The standard InChI is InChI=1S/C15H18N2O6/c1-3-22-15(19)12-6-11(7-13(8-12)17(20)21)14(18)16-4-5-23-10(2)9-16/h6-8,10H,3-5,9H2,1-2H3/t10-/m1/s1. The Hall–Kier alpha value is -2.48. The van der Waals surface area contributed by atoms with Gasteiger partial charge in [-0.2, -0.15) is 0 Å². The van der Waals surface area contributed by atoms with E-state index in [-0.39, 0.29) is 35.4 Å². The van der Waals surface area contributed by atoms with Crippen molar-refractivity contribution in [3.05, 3.63) is 39.4 Å². The molecule has 0 unspecified atom stereocenters. The zero-order valence-corrected chi connectivity index (χ0v) is 13.0. The Morgan fingerprint density at radius 2 is 2.09 bits per heavy atom. The molecule has 1 aromatic rings. The SMILES string of the molecule is CCOC(=O)c1cc(C(=O)N2CCO[C@H](C)C2)cc([N+](=O)[O-])c1. The Labute approximate surface area is 133 Å². The first-order valence-corrected chi connectivity index (χ1v) is 7.29. The molecule has 0 N–H and O–H groups in total. The van der Waals surface area contributed by atoms with Gasteiger partial charge in [-0.3, -0.25) is 14.9 Å². The molecule has 1 aliphatic rings. The van der Waals surface area contributed by atoms with Gasteiger partial charge in [0.25, 0.3) is 11.6 Å². The highest BCUT2D eigenvalue weighted by atomic mass is 16.6. The van der Waals surface area contributed by atoms with Gasteiger partial charge in [0.1, 0.15) is 0 Å². The molecular formula is C15H18N2O6. The van der Waals surface area contributed by atoms with E-state index in [1.54, 1.807) is 11.8 Å². The molecule has 8 heteroatoms. The van der Waals surface area contributed by atoms with E-state index in [0.717, 1.165) is 6.07 Å². The van der Waals surface area contributed by atoms with Crippen molar-refractivity contribution >= 4 is 17.6 Å². The third kappa shape index (κ3) is 4.04. The van der Waals surface area contributed by atoms with Gasteiger partial charge in [0, 0.05) is 30.8 Å². The van der Waals surface area contributed by atoms with Crippen LogP contribution in [0.5, 0.6) is 0 Å². The number of amides is 1. The van der Waals surface area contributed by atoms with Gasteiger partial charge in [0.05, 0.1) is 29.8 Å². The topological polar surface area (TPSA) is 99.0 Å². The molecule has 0 spiro atoms. The van der Waals surface area contributed by atoms with Gasteiger partial charge in [0.15, 0.2) is 0 Å². The van der Waals surface area contributed by atoms with Gasteiger partial charge in [0.2, 0.25) is 0 Å². The summed E-state index contributed by atoms with van der Waals surface area (Å²) in [6, 6.07) is 3.61. The number of carbonyl (C=O) groups is 2. The second kappa shape index (κ2) is 7.19. The highest BCUT2D eigenvalue weighted by Crippen LogP contribution is 2.20. The fraction of sp³-hybridized carbons (Fsp3) is 0.467. The first kappa shape index (κ1) is 16.9. The Balaban J connectivity index is 2.34. The van der Waals surface area contributed by atoms with Crippen molar-refractivity contribution < 1.29 is 24.0 Å². The molecule has 1 heterocycles. The summed E-state index contributed by atoms with van der Waals surface area (Å²) in [7, 11) is 0. The van der Waals surface area contributed by atoms with Crippen LogP contribution in [-0.4, -0.2) is 54.1 Å². The van der Waals surface area contributed by atoms with E-state index in [9.17, 15) is 19.7 Å². The maximum Gasteiger partial charge on any atom is 0.338 e. The third-order valence-corrected chi connectivity index (χ3v) is 3.41. The summed E-state index contributed by atoms with van der Waals surface area (Å²) in [5.74, 6) is -1.06. The molecule has 1 aromatic carbocycles. The number of nitrogens with zero attached hydrogens (tertiary/aromatic N) is 2. The van der Waals surface area contributed by atoms with E-state index in [0.29, 0.717) is 19.7 Å². The maximum absolute atomic E-state index is 12.5. The lowest BCUT2D eigenvalue weighted by Crippen LogP contribution is -2.44. The van der Waals surface area contributed by atoms with Crippen LogP contribution < -0.4 is 0 Å². The molecule has 0 saturated carbocycles. The van der Waals surface area contributed by atoms with Crippen LogP contribution in [0.4, 0.5) is 5.69 Å². The zero-order chi connectivity index (χ0) is 17.0. The molecule has 23 heavy (non-hydrogen) atoms. The number of ether oxygens (including phenoxy) is 2. The molecule has 1 saturated heterocycles. The number of non-ortho nitro benzene ring substituents is 1. The normalized spacial score (nSPS) is 17.7. The minimum atomic E-state index is -0.694. The molecule has 1 fully saturated rings. The fourth-order valence-electron chi connectivity index (χ4n) is 2.36. The largest absolute Gasteiger partial charge is 0.462 e. The van der Waals surface area contributed by atoms with Crippen molar-refractivity contribution in [1.82, 2.24) is 4.90 Å². The van der Waals surface area contributed by atoms with Gasteiger partial charge in [-0.25, -0.2) is 4.79 Å². The molecule has 0 radical (unpaired) electrons. The van der Waals surface area contributed by atoms with Gasteiger partial charge in [-0.1, -0.05) is 0 Å². The van der Waals surface area contributed by atoms with Crippen LogP contribution in [0.1, 0.15) is 34.6 Å². The van der Waals surface area contributed by atoms with Crippen LogP contribution in [0.3, 0.4) is 0 Å². The number of esters is 1. The average molecular weight is 322 g/mol. The van der Waals surface area contributed by atoms with Gasteiger partial charge < -0.3 is 14.4 Å². The summed E-state index contributed by atoms with van der Waals surface area (Å²) in [6.45, 7) is 4.84. The quantitative estimate of drug-likeness (QED) is 0.474. The molecule has 2 rings (SSSR count). The second-order valence-corrected chi connectivity index (χ2v) is 5.18. The maximum atomic E-state index is 12.5. The van der Waals surface area contributed by atoms with Crippen LogP contribution >= 0.6 is 0 Å². The van der Waals surface area contributed by atoms with E-state index in [1.807, 2.05) is 6.92 Å². The van der Waals surface area contributed by atoms with Crippen LogP contribution in [-0.2, 0) is 9.47 Å². The predicted octanol–water partition coefficient (Wildman–Crippen LogP) is 1.63. The summed E-state index contributed by atoms with van der Waals surface area (Å²) in [6.07, 6.45) is -0.101. The highest BCUT2D eigenvalue weighted by Gasteiger charge is 2.25. The third-order valence-electron chi connectivity index (χ3n) is 3.41. The monoisotopic (exact) mass is 322 g/mol. The molecule has 8 nitrogen and oxygen atoms in total. The van der Waals surface area contributed by atoms with Gasteiger partial charge in [-0.15, -0.1) is 0 Å². The molecule has 0 aliphatic carbocycles. The van der Waals surface area contributed by atoms with Gasteiger partial charge in [-0.05, 0) is 19.9 Å². The Bertz CT molecular complexity index is 630. The van der Waals surface area contributed by atoms with E-state index >= 15 is 0 Å². The van der Waals surface area contributed by atoms with Crippen molar-refractivity contribution in [3.8, 4) is 0 Å². The number of morpholine rings is 1. The number of rotatable bonds is 4. The van der Waals surface area contributed by atoms with Crippen LogP contribution in [0.25, 0.3) is 0 Å². The number of carbonyl (C=O) groups excluding carboxylic acids is 2. The molecule has 0 bridgehead atoms. The number of nitro groups is 1. The van der Waals surface area contributed by atoms with Crippen molar-refractivity contribution in [2.45, 2.75) is 20.0 Å². The lowest BCUT2D eigenvalue weighted by molar-refractivity contribution is -0.384. The van der Waals surface area contributed by atoms with E-state index < -0.39 is 10.9 Å². The Morgan fingerprint density at radius 3 is 2.70 bits per heavy atom. The minimum Gasteiger partial charge on any atom is -0.462 e. The Kier molecular flexibility index (Phi) is 5.28. The van der Waals surface area contributed by atoms with E-state index in [4.69, 9.17) is 9.47 Å². The number of hydrogen-bond donors (Lipinski definition) is 0. The van der Waals surface area contributed by atoms with Gasteiger partial charge >= 0.3 is 5.97 Å². The summed E-state index contributed by atoms with van der Waals surface area (Å²) in [5, 5.41) is 11.0. The molecule has 0 aromatic heterocycles. The fourth-order valence-corrected chi connectivity index (χ4v) is 2.36. The molecular weight excluding hydrogens is 304 g/mol. The highest BCUT2D eigenvalue weighted by molar-refractivity contribution is 5.99. The summed E-state index contributed by atoms with van der Waals surface area (Å²) in [4.78, 5) is 36.3. The summed E-state index contributed by atoms with van der Waals surface area (Å²) < 4.78 is 10.2. The first-order chi connectivity index (χ1) is 10.9. The smallest absolute Gasteiger partial charge is 0.338 e. The number of hydrogen-bond acceptors (Lipinski definition) is 6. The number of nitro benzene ring substituents is 1. The van der Waals surface area contributed by atoms with E-state index in [2.05, 4.69) is 0 Å². The molecule has 1 aliphatic heterocycles. The summed E-state index contributed by atoms with van der Waals surface area (Å²) >= 11 is 0. The van der Waals surface area contributed by atoms with E-state index in [1.165, 1.54) is 12.1 Å². The minimum absolute atomic E-state index is 0.00860. The van der Waals surface area contributed by atoms with Crippen LogP contribution in [0.2, 0.25) is 0 Å². The van der Waals surface area contributed by atoms with Crippen molar-refractivity contribution in [2.75, 3.05) is 26.3 Å². The molecule has 1 amide bonds. The van der Waals surface area contributed by atoms with Crippen LogP contribution in [0, 0.1) is 10.1 Å². The lowest BCUT2D eigenvalue weighted by atomic mass is 10.1. The molecule has 1 atom stereocenters. The first-order valence-electron chi connectivity index (χ1n) is 7.29. The summed E-state index contributed by atoms with van der Waals surface area (Å²) in [5.41, 5.74) is -0.234. The number of benzene rings is 1. The average Bonchev–Trinajstić information content (AvgIpc) is 2.54. The van der Waals surface area contributed by atoms with Crippen LogP contribution in [0.15, 0.2) is 18.2 Å². The van der Waals surface area contributed by atoms with Crippen molar-refractivity contribution in [2.24, 2.45) is 0 Å². The lowest BCUT2D eigenvalue weighted by Gasteiger charge is -2.31.